The van der Waals surface area contributed by atoms with Crippen molar-refractivity contribution in [3.8, 4) is 22.5 Å². The number of halogens is 4. The van der Waals surface area contributed by atoms with Crippen molar-refractivity contribution in [2.45, 2.75) is 12.3 Å². The van der Waals surface area contributed by atoms with E-state index < -0.39 is 17.8 Å². The molecule has 12 heteroatoms. The van der Waals surface area contributed by atoms with Gasteiger partial charge >= 0.3 is 12.3 Å². The van der Waals surface area contributed by atoms with Gasteiger partial charge in [0.2, 0.25) is 5.95 Å². The van der Waals surface area contributed by atoms with Crippen molar-refractivity contribution in [3.63, 3.8) is 0 Å². The molecule has 1 aliphatic rings. The maximum atomic E-state index is 12.9. The molecule has 1 N–H and O–H groups in total. The fraction of sp³-hybridized carbons (Fsp3) is 0.250. The van der Waals surface area contributed by atoms with Crippen LogP contribution in [0.1, 0.15) is 5.56 Å². The number of rotatable bonds is 4. The second kappa shape index (κ2) is 8.58. The highest BCUT2D eigenvalue weighted by molar-refractivity contribution is 6.33. The molecule has 3 aromatic rings. The second-order valence-corrected chi connectivity index (χ2v) is 7.33. The average Bonchev–Trinajstić information content (AvgIpc) is 2.75. The predicted octanol–water partition coefficient (Wildman–Crippen LogP) is 3.82. The number of ether oxygens (including phenoxy) is 1. The van der Waals surface area contributed by atoms with Gasteiger partial charge in [-0.2, -0.15) is 13.2 Å². The molecule has 0 bridgehead atoms. The van der Waals surface area contributed by atoms with Crippen LogP contribution in [0.5, 0.6) is 0 Å². The Morgan fingerprint density at radius 1 is 1.16 bits per heavy atom. The van der Waals surface area contributed by atoms with Gasteiger partial charge in [0.15, 0.2) is 0 Å². The van der Waals surface area contributed by atoms with Crippen LogP contribution in [0.3, 0.4) is 0 Å². The molecule has 166 valence electrons. The normalized spacial score (nSPS) is 14.1. The predicted molar refractivity (Wildman–Crippen MR) is 110 cm³/mol. The number of hydrogen-bond acceptors (Lipinski definition) is 7. The number of carbonyl (C=O) groups is 1. The van der Waals surface area contributed by atoms with Gasteiger partial charge in [-0.15, -0.1) is 10.2 Å². The van der Waals surface area contributed by atoms with Crippen molar-refractivity contribution in [2.75, 3.05) is 25.0 Å². The molecule has 0 spiro atoms. The molecule has 2 aromatic heterocycles. The molecular formula is C20H16ClF3N6O2. The Morgan fingerprint density at radius 2 is 1.88 bits per heavy atom. The Bertz CT molecular complexity index is 1140. The van der Waals surface area contributed by atoms with Crippen LogP contribution < -0.4 is 10.2 Å². The Balaban J connectivity index is 1.68. The maximum absolute atomic E-state index is 12.9. The lowest BCUT2D eigenvalue weighted by Crippen LogP contribution is -2.54. The van der Waals surface area contributed by atoms with E-state index in [4.69, 9.17) is 16.3 Å². The largest absolute Gasteiger partial charge is 0.442 e. The molecule has 8 nitrogen and oxygen atoms in total. The molecule has 4 rings (SSSR count). The number of anilines is 1. The number of nitrogens with zero attached hydrogens (tertiary/aromatic N) is 5. The van der Waals surface area contributed by atoms with E-state index in [1.54, 1.807) is 11.0 Å². The molecule has 0 saturated carbocycles. The fourth-order valence-electron chi connectivity index (χ4n) is 3.10. The fourth-order valence-corrected chi connectivity index (χ4v) is 3.31. The van der Waals surface area contributed by atoms with Gasteiger partial charge in [0.1, 0.15) is 17.5 Å². The highest BCUT2D eigenvalue weighted by atomic mass is 35.5. The summed E-state index contributed by atoms with van der Waals surface area (Å²) in [5.41, 5.74) is 0.750. The first kappa shape index (κ1) is 21.8. The summed E-state index contributed by atoms with van der Waals surface area (Å²) in [6.45, 7) is 0.747. The van der Waals surface area contributed by atoms with Crippen molar-refractivity contribution in [1.82, 2.24) is 25.5 Å². The Labute approximate surface area is 185 Å². The molecule has 0 aliphatic carbocycles. The van der Waals surface area contributed by atoms with Crippen LogP contribution in [0.2, 0.25) is 5.02 Å². The van der Waals surface area contributed by atoms with E-state index >= 15 is 0 Å². The highest BCUT2D eigenvalue weighted by Gasteiger charge is 2.33. The van der Waals surface area contributed by atoms with Gasteiger partial charge in [0.05, 0.1) is 23.7 Å². The lowest BCUT2D eigenvalue weighted by atomic mass is 10.0. The number of pyridine rings is 1. The smallest absolute Gasteiger partial charge is 0.416 e. The molecule has 1 saturated heterocycles. The quantitative estimate of drug-likeness (QED) is 0.627. The second-order valence-electron chi connectivity index (χ2n) is 6.92. The van der Waals surface area contributed by atoms with Gasteiger partial charge in [-0.1, -0.05) is 23.7 Å². The first-order valence-electron chi connectivity index (χ1n) is 9.42. The summed E-state index contributed by atoms with van der Waals surface area (Å²) < 4.78 is 44.0. The third-order valence-corrected chi connectivity index (χ3v) is 5.10. The number of amides is 1. The topological polar surface area (TPSA) is 93.1 Å². The molecule has 1 aromatic carbocycles. The summed E-state index contributed by atoms with van der Waals surface area (Å²) >= 11 is 6.30. The standard InChI is InChI=1S/C20H16ClF3N6O2/c1-25-19(31)32-13-9-30(10-13)18-27-17(14-6-7-26-8-15(14)21)16(28-29-18)11-2-4-12(5-3-11)20(22,23)24/h2-8,13H,9-10H2,1H3,(H,25,31). The van der Waals surface area contributed by atoms with Gasteiger partial charge in [-0.3, -0.25) is 4.98 Å². The summed E-state index contributed by atoms with van der Waals surface area (Å²) in [4.78, 5) is 21.6. The van der Waals surface area contributed by atoms with Crippen LogP contribution in [-0.2, 0) is 10.9 Å². The molecule has 1 fully saturated rings. The zero-order valence-electron chi connectivity index (χ0n) is 16.6. The first-order valence-corrected chi connectivity index (χ1v) is 9.79. The zero-order valence-corrected chi connectivity index (χ0v) is 17.4. The van der Waals surface area contributed by atoms with Crippen LogP contribution in [-0.4, -0.2) is 52.5 Å². The van der Waals surface area contributed by atoms with E-state index in [1.165, 1.54) is 31.6 Å². The van der Waals surface area contributed by atoms with E-state index in [0.717, 1.165) is 12.1 Å². The Hall–Kier alpha value is -3.47. The minimum atomic E-state index is -4.45. The summed E-state index contributed by atoms with van der Waals surface area (Å²) in [6, 6.07) is 6.20. The van der Waals surface area contributed by atoms with Crippen molar-refractivity contribution in [3.05, 3.63) is 53.3 Å². The van der Waals surface area contributed by atoms with Crippen molar-refractivity contribution in [2.24, 2.45) is 0 Å². The van der Waals surface area contributed by atoms with Gasteiger partial charge in [-0.25, -0.2) is 9.78 Å². The number of aromatic nitrogens is 4. The molecule has 1 amide bonds. The Kier molecular flexibility index (Phi) is 5.83. The molecule has 0 atom stereocenters. The van der Waals surface area contributed by atoms with Crippen LogP contribution >= 0.6 is 11.6 Å². The van der Waals surface area contributed by atoms with Crippen LogP contribution in [0.4, 0.5) is 23.9 Å². The summed E-state index contributed by atoms with van der Waals surface area (Å²) in [6.07, 6.45) is -2.34. The molecule has 1 aliphatic heterocycles. The monoisotopic (exact) mass is 464 g/mol. The summed E-state index contributed by atoms with van der Waals surface area (Å²) in [5, 5.41) is 11.0. The zero-order chi connectivity index (χ0) is 22.9. The van der Waals surface area contributed by atoms with E-state index in [-0.39, 0.29) is 17.7 Å². The third kappa shape index (κ3) is 4.42. The van der Waals surface area contributed by atoms with Crippen molar-refractivity contribution >= 4 is 23.6 Å². The van der Waals surface area contributed by atoms with Crippen LogP contribution in [0.25, 0.3) is 22.5 Å². The average molecular weight is 465 g/mol. The SMILES string of the molecule is CNC(=O)OC1CN(c2nnc(-c3ccc(C(F)(F)F)cc3)c(-c3ccncc3Cl)n2)C1. The molecule has 3 heterocycles. The number of alkyl halides is 3. The molecule has 0 radical (unpaired) electrons. The Morgan fingerprint density at radius 3 is 2.50 bits per heavy atom. The van der Waals surface area contributed by atoms with Crippen molar-refractivity contribution < 1.29 is 22.7 Å². The number of benzene rings is 1. The minimum absolute atomic E-state index is 0.272. The summed E-state index contributed by atoms with van der Waals surface area (Å²) in [7, 11) is 1.47. The number of carbonyl (C=O) groups excluding carboxylic acids is 1. The van der Waals surface area contributed by atoms with Gasteiger partial charge in [0, 0.05) is 30.6 Å². The van der Waals surface area contributed by atoms with E-state index in [0.29, 0.717) is 34.9 Å². The lowest BCUT2D eigenvalue weighted by Gasteiger charge is -2.38. The minimum Gasteiger partial charge on any atom is -0.442 e. The number of nitrogens with one attached hydrogen (secondary N) is 1. The lowest BCUT2D eigenvalue weighted by molar-refractivity contribution is -0.137. The number of hydrogen-bond donors (Lipinski definition) is 1. The van der Waals surface area contributed by atoms with E-state index in [1.807, 2.05) is 0 Å². The molecule has 0 unspecified atom stereocenters. The first-order chi connectivity index (χ1) is 15.3. The third-order valence-electron chi connectivity index (χ3n) is 4.80. The maximum Gasteiger partial charge on any atom is 0.416 e. The van der Waals surface area contributed by atoms with E-state index in [2.05, 4.69) is 25.5 Å². The molecular weight excluding hydrogens is 449 g/mol. The van der Waals surface area contributed by atoms with Crippen LogP contribution in [0, 0.1) is 0 Å². The van der Waals surface area contributed by atoms with Gasteiger partial charge < -0.3 is 15.0 Å². The summed E-state index contributed by atoms with van der Waals surface area (Å²) in [5.74, 6) is 0.278. The highest BCUT2D eigenvalue weighted by Crippen LogP contribution is 2.36. The van der Waals surface area contributed by atoms with Crippen molar-refractivity contribution in [1.29, 1.82) is 0 Å². The van der Waals surface area contributed by atoms with Gasteiger partial charge in [0.25, 0.3) is 0 Å². The number of alkyl carbamates (subject to hydrolysis) is 1. The van der Waals surface area contributed by atoms with Crippen LogP contribution in [0.15, 0.2) is 42.7 Å². The molecule has 32 heavy (non-hydrogen) atoms. The van der Waals surface area contributed by atoms with Gasteiger partial charge in [-0.05, 0) is 18.2 Å². The van der Waals surface area contributed by atoms with E-state index in [9.17, 15) is 18.0 Å².